The van der Waals surface area contributed by atoms with E-state index in [0.29, 0.717) is 0 Å². The molecule has 0 fully saturated rings. The van der Waals surface area contributed by atoms with Crippen molar-refractivity contribution in [2.24, 2.45) is 0 Å². The van der Waals surface area contributed by atoms with Crippen LogP contribution in [-0.2, 0) is 0 Å². The predicted molar refractivity (Wildman–Crippen MR) is 72.0 cm³/mol. The largest absolute Gasteiger partial charge is 0.135 e. The van der Waals surface area contributed by atoms with Crippen LogP contribution in [0.2, 0.25) is 5.02 Å². The van der Waals surface area contributed by atoms with Gasteiger partial charge < -0.3 is 0 Å². The molecule has 74 valence electrons. The molecule has 0 aliphatic carbocycles. The van der Waals surface area contributed by atoms with Crippen molar-refractivity contribution < 1.29 is 0 Å². The number of fused-ring (bicyclic) bond motifs is 3. The van der Waals surface area contributed by atoms with E-state index in [-0.39, 0.29) is 0 Å². The first kappa shape index (κ1) is 9.64. The van der Waals surface area contributed by atoms with Crippen LogP contribution in [0, 0.1) is 0 Å². The molecule has 0 saturated heterocycles. The van der Waals surface area contributed by atoms with Crippen molar-refractivity contribution in [3.63, 3.8) is 0 Å². The highest BCUT2D eigenvalue weighted by molar-refractivity contribution is 9.10. The van der Waals surface area contributed by atoms with Gasteiger partial charge in [0.25, 0.3) is 0 Å². The molecule has 0 unspecified atom stereocenters. The van der Waals surface area contributed by atoms with Crippen LogP contribution in [0.15, 0.2) is 40.9 Å². The van der Waals surface area contributed by atoms with E-state index in [1.54, 1.807) is 11.3 Å². The Bertz CT molecular complexity index is 657. The van der Waals surface area contributed by atoms with E-state index >= 15 is 0 Å². The molecule has 3 aromatic rings. The minimum atomic E-state index is 0.817. The molecule has 0 aliphatic rings. The molecule has 0 radical (unpaired) electrons. The average molecular weight is 298 g/mol. The van der Waals surface area contributed by atoms with E-state index in [0.717, 1.165) is 9.50 Å². The van der Waals surface area contributed by atoms with Gasteiger partial charge in [0.05, 0.1) is 5.02 Å². The number of hydrogen-bond donors (Lipinski definition) is 0. The zero-order chi connectivity index (χ0) is 10.4. The Morgan fingerprint density at radius 3 is 2.73 bits per heavy atom. The minimum absolute atomic E-state index is 0.817. The van der Waals surface area contributed by atoms with Crippen LogP contribution in [0.4, 0.5) is 0 Å². The lowest BCUT2D eigenvalue weighted by atomic mass is 10.1. The number of halogens is 2. The highest BCUT2D eigenvalue weighted by Crippen LogP contribution is 2.39. The summed E-state index contributed by atoms with van der Waals surface area (Å²) in [6.45, 7) is 0. The summed E-state index contributed by atoms with van der Waals surface area (Å²) in [6.07, 6.45) is 0. The molecular formula is C12H6BrClS. The van der Waals surface area contributed by atoms with Crippen LogP contribution in [0.5, 0.6) is 0 Å². The molecule has 1 heterocycles. The third-order valence-electron chi connectivity index (χ3n) is 2.40. The number of benzene rings is 2. The lowest BCUT2D eigenvalue weighted by Gasteiger charge is -1.96. The Hall–Kier alpha value is -0.570. The molecule has 3 rings (SSSR count). The van der Waals surface area contributed by atoms with Gasteiger partial charge in [-0.1, -0.05) is 45.7 Å². The highest BCUT2D eigenvalue weighted by atomic mass is 79.9. The molecule has 3 heteroatoms. The van der Waals surface area contributed by atoms with Crippen molar-refractivity contribution in [3.8, 4) is 0 Å². The second-order valence-corrected chi connectivity index (χ2v) is 5.77. The Kier molecular flexibility index (Phi) is 2.23. The molecule has 2 aromatic carbocycles. The van der Waals surface area contributed by atoms with E-state index in [4.69, 9.17) is 11.6 Å². The third kappa shape index (κ3) is 1.48. The SMILES string of the molecule is Clc1cc(Br)cc2sc3ccccc3c12. The fourth-order valence-electron chi connectivity index (χ4n) is 1.77. The summed E-state index contributed by atoms with van der Waals surface area (Å²) in [5, 5.41) is 3.23. The second-order valence-electron chi connectivity index (χ2n) is 3.36. The maximum Gasteiger partial charge on any atom is 0.0510 e. The summed E-state index contributed by atoms with van der Waals surface area (Å²) in [6, 6.07) is 12.4. The number of thiophene rings is 1. The molecule has 0 amide bonds. The van der Waals surface area contributed by atoms with Gasteiger partial charge in [-0.3, -0.25) is 0 Å². The molecule has 0 atom stereocenters. The predicted octanol–water partition coefficient (Wildman–Crippen LogP) is 5.47. The molecule has 0 N–H and O–H groups in total. The lowest BCUT2D eigenvalue weighted by Crippen LogP contribution is -1.69. The second kappa shape index (κ2) is 3.48. The monoisotopic (exact) mass is 296 g/mol. The Labute approximate surface area is 105 Å². The average Bonchev–Trinajstić information content (AvgIpc) is 2.54. The van der Waals surface area contributed by atoms with Crippen molar-refractivity contribution in [2.45, 2.75) is 0 Å². The first-order valence-corrected chi connectivity index (χ1v) is 6.51. The summed E-state index contributed by atoms with van der Waals surface area (Å²) in [7, 11) is 0. The van der Waals surface area contributed by atoms with E-state index in [9.17, 15) is 0 Å². The summed E-state index contributed by atoms with van der Waals surface area (Å²) >= 11 is 11.5. The molecule has 1 aromatic heterocycles. The van der Waals surface area contributed by atoms with E-state index < -0.39 is 0 Å². The van der Waals surface area contributed by atoms with Crippen molar-refractivity contribution in [3.05, 3.63) is 45.9 Å². The van der Waals surface area contributed by atoms with Crippen LogP contribution in [0.25, 0.3) is 20.2 Å². The molecular weight excluding hydrogens is 292 g/mol. The summed E-state index contributed by atoms with van der Waals surface area (Å²) in [4.78, 5) is 0. The van der Waals surface area contributed by atoms with E-state index in [2.05, 4.69) is 40.2 Å². The van der Waals surface area contributed by atoms with Gasteiger partial charge in [0.1, 0.15) is 0 Å². The van der Waals surface area contributed by atoms with Crippen molar-refractivity contribution in [2.75, 3.05) is 0 Å². The van der Waals surface area contributed by atoms with Crippen LogP contribution in [0.3, 0.4) is 0 Å². The quantitative estimate of drug-likeness (QED) is 0.516. The van der Waals surface area contributed by atoms with E-state index in [1.807, 2.05) is 12.1 Å². The standard InChI is InChI=1S/C12H6BrClS/c13-7-5-9(14)12-8-3-1-2-4-10(8)15-11(12)6-7/h1-6H. The summed E-state index contributed by atoms with van der Waals surface area (Å²) in [5.74, 6) is 0. The van der Waals surface area contributed by atoms with Gasteiger partial charge in [-0.05, 0) is 18.2 Å². The van der Waals surface area contributed by atoms with Crippen LogP contribution in [0.1, 0.15) is 0 Å². The van der Waals surface area contributed by atoms with Gasteiger partial charge in [0.15, 0.2) is 0 Å². The van der Waals surface area contributed by atoms with Crippen molar-refractivity contribution >= 4 is 59.0 Å². The minimum Gasteiger partial charge on any atom is -0.135 e. The van der Waals surface area contributed by atoms with Crippen molar-refractivity contribution in [1.29, 1.82) is 0 Å². The first-order valence-electron chi connectivity index (χ1n) is 4.52. The maximum absolute atomic E-state index is 6.26. The van der Waals surface area contributed by atoms with Gasteiger partial charge in [0.2, 0.25) is 0 Å². The van der Waals surface area contributed by atoms with Gasteiger partial charge in [-0.25, -0.2) is 0 Å². The Balaban J connectivity index is 2.61. The first-order chi connectivity index (χ1) is 7.25. The van der Waals surface area contributed by atoms with Gasteiger partial charge in [0, 0.05) is 24.6 Å². The Morgan fingerprint density at radius 1 is 1.07 bits per heavy atom. The van der Waals surface area contributed by atoms with Gasteiger partial charge in [-0.15, -0.1) is 11.3 Å². The molecule has 0 saturated carbocycles. The van der Waals surface area contributed by atoms with E-state index in [1.165, 1.54) is 20.2 Å². The van der Waals surface area contributed by atoms with Crippen molar-refractivity contribution in [1.82, 2.24) is 0 Å². The molecule has 15 heavy (non-hydrogen) atoms. The zero-order valence-electron chi connectivity index (χ0n) is 7.63. The van der Waals surface area contributed by atoms with Crippen LogP contribution < -0.4 is 0 Å². The topological polar surface area (TPSA) is 0 Å². The Morgan fingerprint density at radius 2 is 1.87 bits per heavy atom. The van der Waals surface area contributed by atoms with Crippen LogP contribution >= 0.6 is 38.9 Å². The fourth-order valence-corrected chi connectivity index (χ4v) is 4.06. The lowest BCUT2D eigenvalue weighted by molar-refractivity contribution is 1.77. The molecule has 0 spiro atoms. The maximum atomic E-state index is 6.26. The number of rotatable bonds is 0. The molecule has 0 nitrogen and oxygen atoms in total. The zero-order valence-corrected chi connectivity index (χ0v) is 10.8. The van der Waals surface area contributed by atoms with Gasteiger partial charge >= 0.3 is 0 Å². The highest BCUT2D eigenvalue weighted by Gasteiger charge is 2.08. The third-order valence-corrected chi connectivity index (χ3v) is 4.27. The fraction of sp³-hybridized carbons (Fsp3) is 0. The molecule has 0 aliphatic heterocycles. The molecule has 0 bridgehead atoms. The van der Waals surface area contributed by atoms with Gasteiger partial charge in [-0.2, -0.15) is 0 Å². The normalized spacial score (nSPS) is 11.3. The smallest absolute Gasteiger partial charge is 0.0510 e. The van der Waals surface area contributed by atoms with Crippen LogP contribution in [-0.4, -0.2) is 0 Å². The summed E-state index contributed by atoms with van der Waals surface area (Å²) in [5.41, 5.74) is 0. The number of hydrogen-bond acceptors (Lipinski definition) is 1. The summed E-state index contributed by atoms with van der Waals surface area (Å²) < 4.78 is 3.55.